The fourth-order valence-corrected chi connectivity index (χ4v) is 4.01. The van der Waals surface area contributed by atoms with Crippen molar-refractivity contribution in [3.8, 4) is 17.1 Å². The van der Waals surface area contributed by atoms with Crippen LogP contribution in [-0.2, 0) is 12.3 Å². The Bertz CT molecular complexity index is 1040. The quantitative estimate of drug-likeness (QED) is 0.286. The van der Waals surface area contributed by atoms with Crippen molar-refractivity contribution in [2.45, 2.75) is 44.1 Å². The Morgan fingerprint density at radius 3 is 2.66 bits per heavy atom. The van der Waals surface area contributed by atoms with Crippen molar-refractivity contribution in [1.82, 2.24) is 24.1 Å². The highest BCUT2D eigenvalue weighted by Gasteiger charge is 2.14. The second kappa shape index (κ2) is 9.13. The van der Waals surface area contributed by atoms with Crippen molar-refractivity contribution in [3.05, 3.63) is 60.6 Å². The van der Waals surface area contributed by atoms with E-state index in [0.29, 0.717) is 0 Å². The Balaban J connectivity index is 1.47. The van der Waals surface area contributed by atoms with E-state index in [9.17, 15) is 0 Å². The molecule has 0 aliphatic carbocycles. The molecule has 0 aliphatic rings. The molecule has 0 saturated carbocycles. The van der Waals surface area contributed by atoms with E-state index in [4.69, 9.17) is 4.74 Å². The monoisotopic (exact) mass is 407 g/mol. The summed E-state index contributed by atoms with van der Waals surface area (Å²) in [6.45, 7) is 5.84. The molecule has 6 nitrogen and oxygen atoms in total. The van der Waals surface area contributed by atoms with Gasteiger partial charge >= 0.3 is 0 Å². The Labute approximate surface area is 175 Å². The molecule has 3 heterocycles. The van der Waals surface area contributed by atoms with E-state index in [1.807, 2.05) is 53.1 Å². The number of aromatic nitrogens is 5. The molecule has 0 N–H and O–H groups in total. The number of hydrogen-bond acceptors (Lipinski definition) is 5. The maximum absolute atomic E-state index is 5.76. The number of imidazole rings is 1. The molecule has 1 aromatic carbocycles. The average molecular weight is 408 g/mol. The van der Waals surface area contributed by atoms with Gasteiger partial charge in [0.2, 0.25) is 0 Å². The minimum absolute atomic E-state index is 0.754. The van der Waals surface area contributed by atoms with Crippen molar-refractivity contribution in [1.29, 1.82) is 0 Å². The van der Waals surface area contributed by atoms with E-state index < -0.39 is 0 Å². The summed E-state index contributed by atoms with van der Waals surface area (Å²) in [5, 5.41) is 9.77. The fraction of sp³-hybridized carbons (Fsp3) is 0.318. The zero-order chi connectivity index (χ0) is 20.1. The van der Waals surface area contributed by atoms with Crippen LogP contribution in [0.15, 0.2) is 60.0 Å². The summed E-state index contributed by atoms with van der Waals surface area (Å²) in [5.41, 5.74) is 3.03. The number of ether oxygens (including phenoxy) is 1. The molecule has 0 atom stereocenters. The van der Waals surface area contributed by atoms with Gasteiger partial charge in [0.1, 0.15) is 11.4 Å². The highest BCUT2D eigenvalue weighted by molar-refractivity contribution is 7.98. The third kappa shape index (κ3) is 4.45. The highest BCUT2D eigenvalue weighted by Crippen LogP contribution is 2.27. The summed E-state index contributed by atoms with van der Waals surface area (Å²) in [5.74, 6) is 2.53. The molecule has 0 bridgehead atoms. The molecule has 4 aromatic rings. The van der Waals surface area contributed by atoms with Gasteiger partial charge in [-0.3, -0.25) is 0 Å². The SMILES string of the molecule is CCCCOc1ccc(-c2nnc(SCc3cn4ccccc4n3)n2CC)cc1. The van der Waals surface area contributed by atoms with Crippen LogP contribution in [0.4, 0.5) is 0 Å². The fourth-order valence-electron chi connectivity index (χ4n) is 3.12. The second-order valence-corrected chi connectivity index (χ2v) is 7.71. The van der Waals surface area contributed by atoms with E-state index >= 15 is 0 Å². The normalized spacial score (nSPS) is 11.2. The average Bonchev–Trinajstić information content (AvgIpc) is 3.36. The van der Waals surface area contributed by atoms with E-state index in [-0.39, 0.29) is 0 Å². The number of thioether (sulfide) groups is 1. The summed E-state index contributed by atoms with van der Waals surface area (Å²) in [6.07, 6.45) is 6.28. The first-order chi connectivity index (χ1) is 14.3. The smallest absolute Gasteiger partial charge is 0.191 e. The maximum Gasteiger partial charge on any atom is 0.191 e. The van der Waals surface area contributed by atoms with Gasteiger partial charge in [-0.1, -0.05) is 31.2 Å². The molecule has 150 valence electrons. The zero-order valence-corrected chi connectivity index (χ0v) is 17.6. The number of unbranched alkanes of at least 4 members (excludes halogenated alkanes) is 1. The van der Waals surface area contributed by atoms with E-state index in [1.165, 1.54) is 0 Å². The van der Waals surface area contributed by atoms with Gasteiger partial charge in [-0.15, -0.1) is 10.2 Å². The van der Waals surface area contributed by atoms with Crippen molar-refractivity contribution in [2.24, 2.45) is 0 Å². The van der Waals surface area contributed by atoms with E-state index in [2.05, 4.69) is 39.8 Å². The molecule has 0 unspecified atom stereocenters. The number of rotatable bonds is 9. The highest BCUT2D eigenvalue weighted by atomic mass is 32.2. The number of benzene rings is 1. The van der Waals surface area contributed by atoms with Crippen LogP contribution in [0.3, 0.4) is 0 Å². The Kier molecular flexibility index (Phi) is 6.14. The van der Waals surface area contributed by atoms with Gasteiger partial charge in [0, 0.05) is 30.3 Å². The molecule has 0 spiro atoms. The van der Waals surface area contributed by atoms with Crippen LogP contribution in [0.5, 0.6) is 5.75 Å². The van der Waals surface area contributed by atoms with Crippen LogP contribution in [0.1, 0.15) is 32.4 Å². The lowest BCUT2D eigenvalue weighted by Crippen LogP contribution is -2.00. The summed E-state index contributed by atoms with van der Waals surface area (Å²) >= 11 is 1.66. The van der Waals surface area contributed by atoms with Crippen LogP contribution in [0.2, 0.25) is 0 Å². The zero-order valence-electron chi connectivity index (χ0n) is 16.8. The first-order valence-electron chi connectivity index (χ1n) is 10.00. The molecular formula is C22H25N5OS. The minimum atomic E-state index is 0.754. The van der Waals surface area contributed by atoms with Crippen LogP contribution in [-0.4, -0.2) is 30.8 Å². The van der Waals surface area contributed by atoms with Crippen LogP contribution < -0.4 is 4.74 Å². The molecule has 0 amide bonds. The predicted molar refractivity (Wildman–Crippen MR) is 116 cm³/mol. The second-order valence-electron chi connectivity index (χ2n) is 6.76. The molecule has 3 aromatic heterocycles. The molecule has 0 saturated heterocycles. The van der Waals surface area contributed by atoms with Crippen molar-refractivity contribution in [3.63, 3.8) is 0 Å². The van der Waals surface area contributed by atoms with Crippen molar-refractivity contribution >= 4 is 17.4 Å². The van der Waals surface area contributed by atoms with Gasteiger partial charge in [0.05, 0.1) is 12.3 Å². The topological polar surface area (TPSA) is 57.2 Å². The minimum Gasteiger partial charge on any atom is -0.494 e. The summed E-state index contributed by atoms with van der Waals surface area (Å²) < 4.78 is 9.94. The molecule has 0 fully saturated rings. The molecule has 7 heteroatoms. The van der Waals surface area contributed by atoms with Crippen LogP contribution in [0, 0.1) is 0 Å². The van der Waals surface area contributed by atoms with Crippen LogP contribution >= 0.6 is 11.8 Å². The summed E-state index contributed by atoms with van der Waals surface area (Å²) in [4.78, 5) is 4.66. The van der Waals surface area contributed by atoms with Gasteiger partial charge in [0.15, 0.2) is 11.0 Å². The molecule has 4 rings (SSSR count). The van der Waals surface area contributed by atoms with Gasteiger partial charge in [0.25, 0.3) is 0 Å². The standard InChI is InChI=1S/C22H25N5OS/c1-3-5-14-28-19-11-9-17(10-12-19)21-24-25-22(27(21)4-2)29-16-18-15-26-13-7-6-8-20(26)23-18/h6-13,15H,3-5,14,16H2,1-2H3. The van der Waals surface area contributed by atoms with Gasteiger partial charge in [-0.2, -0.15) is 0 Å². The summed E-state index contributed by atoms with van der Waals surface area (Å²) in [7, 11) is 0. The number of pyridine rings is 1. The van der Waals surface area contributed by atoms with E-state index in [1.54, 1.807) is 11.8 Å². The molecule has 0 radical (unpaired) electrons. The molecular weight excluding hydrogens is 382 g/mol. The predicted octanol–water partition coefficient (Wildman–Crippen LogP) is 5.08. The lowest BCUT2D eigenvalue weighted by atomic mass is 10.2. The Morgan fingerprint density at radius 2 is 1.90 bits per heavy atom. The lowest BCUT2D eigenvalue weighted by molar-refractivity contribution is 0.309. The summed E-state index contributed by atoms with van der Waals surface area (Å²) in [6, 6.07) is 14.1. The van der Waals surface area contributed by atoms with E-state index in [0.717, 1.165) is 65.4 Å². The Hall–Kier alpha value is -2.80. The Morgan fingerprint density at radius 1 is 1.03 bits per heavy atom. The lowest BCUT2D eigenvalue weighted by Gasteiger charge is -2.08. The van der Waals surface area contributed by atoms with Gasteiger partial charge < -0.3 is 13.7 Å². The number of hydrogen-bond donors (Lipinski definition) is 0. The van der Waals surface area contributed by atoms with Crippen LogP contribution in [0.25, 0.3) is 17.0 Å². The number of nitrogens with zero attached hydrogens (tertiary/aromatic N) is 5. The van der Waals surface area contributed by atoms with Gasteiger partial charge in [-0.05, 0) is 49.7 Å². The number of fused-ring (bicyclic) bond motifs is 1. The molecule has 0 aliphatic heterocycles. The largest absolute Gasteiger partial charge is 0.494 e. The molecule has 29 heavy (non-hydrogen) atoms. The van der Waals surface area contributed by atoms with Crippen molar-refractivity contribution in [2.75, 3.05) is 6.61 Å². The first kappa shape index (κ1) is 19.5. The van der Waals surface area contributed by atoms with Crippen molar-refractivity contribution < 1.29 is 4.74 Å². The first-order valence-corrected chi connectivity index (χ1v) is 11.0. The maximum atomic E-state index is 5.76. The third-order valence-electron chi connectivity index (χ3n) is 4.68. The van der Waals surface area contributed by atoms with Gasteiger partial charge in [-0.25, -0.2) is 4.98 Å². The third-order valence-corrected chi connectivity index (χ3v) is 5.68.